The van der Waals surface area contributed by atoms with Crippen LogP contribution in [0.25, 0.3) is 0 Å². The maximum Gasteiger partial charge on any atom is 0.220 e. The summed E-state index contributed by atoms with van der Waals surface area (Å²) in [6.07, 6.45) is 2.75. The fraction of sp³-hybridized carbons (Fsp3) is 0.417. The molecule has 1 heterocycles. The zero-order valence-corrected chi connectivity index (χ0v) is 18.5. The molecule has 0 aromatic heterocycles. The quantitative estimate of drug-likeness (QED) is 0.643. The lowest BCUT2D eigenvalue weighted by atomic mass is 9.85. The van der Waals surface area contributed by atoms with Crippen molar-refractivity contribution in [3.63, 3.8) is 0 Å². The Morgan fingerprint density at radius 1 is 1.23 bits per heavy atom. The molecule has 6 heteroatoms. The lowest BCUT2D eigenvalue weighted by Gasteiger charge is -2.39. The summed E-state index contributed by atoms with van der Waals surface area (Å²) < 4.78 is 5.28. The van der Waals surface area contributed by atoms with Crippen LogP contribution in [0.2, 0.25) is 0 Å². The Balaban J connectivity index is 1.49. The zero-order valence-electron chi connectivity index (χ0n) is 17.6. The molecule has 0 radical (unpaired) electrons. The van der Waals surface area contributed by atoms with Crippen LogP contribution in [0.3, 0.4) is 0 Å². The molecule has 2 unspecified atom stereocenters. The van der Waals surface area contributed by atoms with Gasteiger partial charge in [0.15, 0.2) is 0 Å². The van der Waals surface area contributed by atoms with Crippen molar-refractivity contribution in [2.75, 3.05) is 33.0 Å². The number of nitrogens with one attached hydrogen (secondary N) is 1. The molecule has 1 fully saturated rings. The van der Waals surface area contributed by atoms with Gasteiger partial charge in [-0.15, -0.1) is 11.8 Å². The lowest BCUT2D eigenvalue weighted by Crippen LogP contribution is -2.41. The van der Waals surface area contributed by atoms with Gasteiger partial charge in [-0.1, -0.05) is 12.1 Å². The summed E-state index contributed by atoms with van der Waals surface area (Å²) in [5.74, 6) is 2.08. The second-order valence-corrected chi connectivity index (χ2v) is 8.81. The van der Waals surface area contributed by atoms with Crippen LogP contribution in [0.4, 0.5) is 0 Å². The normalized spacial score (nSPS) is 19.1. The van der Waals surface area contributed by atoms with Gasteiger partial charge in [0.1, 0.15) is 5.75 Å². The molecule has 1 saturated heterocycles. The van der Waals surface area contributed by atoms with E-state index >= 15 is 0 Å². The van der Waals surface area contributed by atoms with Crippen LogP contribution < -0.4 is 10.1 Å². The number of hydrogen-bond acceptors (Lipinski definition) is 5. The van der Waals surface area contributed by atoms with Crippen LogP contribution in [0, 0.1) is 17.2 Å². The first-order valence-corrected chi connectivity index (χ1v) is 11.3. The van der Waals surface area contributed by atoms with Crippen molar-refractivity contribution < 1.29 is 9.53 Å². The van der Waals surface area contributed by atoms with E-state index < -0.39 is 0 Å². The molecular formula is C24H29N3O2S. The molecule has 2 aromatic rings. The van der Waals surface area contributed by atoms with Crippen molar-refractivity contribution in [3.05, 3.63) is 59.7 Å². The first-order chi connectivity index (χ1) is 14.6. The van der Waals surface area contributed by atoms with E-state index in [4.69, 9.17) is 10.00 Å². The molecule has 3 rings (SSSR count). The summed E-state index contributed by atoms with van der Waals surface area (Å²) in [7, 11) is 3.84. The van der Waals surface area contributed by atoms with Crippen LogP contribution in [0.1, 0.15) is 36.4 Å². The summed E-state index contributed by atoms with van der Waals surface area (Å²) in [5.41, 5.74) is 1.93. The molecule has 1 aliphatic rings. The fourth-order valence-electron chi connectivity index (χ4n) is 4.02. The SMILES string of the molecule is COc1ccc(C2C(CNC(=O)CCSc3ccc(C#N)cc3)CCCN2C)cc1. The fourth-order valence-corrected chi connectivity index (χ4v) is 4.87. The number of rotatable bonds is 8. The van der Waals surface area contributed by atoms with E-state index in [-0.39, 0.29) is 5.91 Å². The standard InChI is InChI=1S/C24H29N3O2S/c1-27-14-3-4-20(24(27)19-7-9-21(29-2)10-8-19)17-26-23(28)13-15-30-22-11-5-18(16-25)6-12-22/h5-12,20,24H,3-4,13-15,17H2,1-2H3,(H,26,28). The van der Waals surface area contributed by atoms with E-state index in [9.17, 15) is 4.79 Å². The van der Waals surface area contributed by atoms with Gasteiger partial charge < -0.3 is 10.1 Å². The van der Waals surface area contributed by atoms with Gasteiger partial charge in [-0.05, 0) is 74.3 Å². The molecule has 0 saturated carbocycles. The van der Waals surface area contributed by atoms with Gasteiger partial charge >= 0.3 is 0 Å². The molecule has 0 bridgehead atoms. The highest BCUT2D eigenvalue weighted by Crippen LogP contribution is 2.35. The minimum Gasteiger partial charge on any atom is -0.497 e. The topological polar surface area (TPSA) is 65.4 Å². The van der Waals surface area contributed by atoms with Gasteiger partial charge in [0, 0.05) is 29.7 Å². The van der Waals surface area contributed by atoms with Crippen LogP contribution in [-0.2, 0) is 4.79 Å². The highest BCUT2D eigenvalue weighted by Gasteiger charge is 2.30. The van der Waals surface area contributed by atoms with Crippen molar-refractivity contribution in [1.82, 2.24) is 10.2 Å². The number of carbonyl (C=O) groups is 1. The van der Waals surface area contributed by atoms with E-state index in [1.807, 2.05) is 24.3 Å². The van der Waals surface area contributed by atoms with Crippen molar-refractivity contribution in [1.29, 1.82) is 5.26 Å². The molecule has 2 atom stereocenters. The Labute approximate surface area is 183 Å². The van der Waals surface area contributed by atoms with Gasteiger partial charge in [-0.25, -0.2) is 0 Å². The summed E-state index contributed by atoms with van der Waals surface area (Å²) in [5, 5.41) is 12.0. The van der Waals surface area contributed by atoms with E-state index in [1.54, 1.807) is 31.0 Å². The van der Waals surface area contributed by atoms with Crippen molar-refractivity contribution >= 4 is 17.7 Å². The average molecular weight is 424 g/mol. The molecular weight excluding hydrogens is 394 g/mol. The number of likely N-dealkylation sites (tertiary alicyclic amines) is 1. The molecule has 0 aliphatic carbocycles. The highest BCUT2D eigenvalue weighted by atomic mass is 32.2. The Kier molecular flexibility index (Phi) is 8.18. The number of piperidine rings is 1. The number of amides is 1. The molecule has 158 valence electrons. The number of carbonyl (C=O) groups excluding carboxylic acids is 1. The third-order valence-electron chi connectivity index (χ3n) is 5.61. The molecule has 30 heavy (non-hydrogen) atoms. The van der Waals surface area contributed by atoms with Crippen LogP contribution in [-0.4, -0.2) is 43.8 Å². The second kappa shape index (κ2) is 11.1. The maximum atomic E-state index is 12.4. The number of hydrogen-bond donors (Lipinski definition) is 1. The predicted molar refractivity (Wildman–Crippen MR) is 121 cm³/mol. The molecule has 1 amide bonds. The van der Waals surface area contributed by atoms with Crippen LogP contribution in [0.5, 0.6) is 5.75 Å². The average Bonchev–Trinajstić information content (AvgIpc) is 2.78. The van der Waals surface area contributed by atoms with Gasteiger partial charge in [0.05, 0.1) is 18.7 Å². The van der Waals surface area contributed by atoms with Gasteiger partial charge in [0.2, 0.25) is 5.91 Å². The monoisotopic (exact) mass is 423 g/mol. The number of ether oxygens (including phenoxy) is 1. The van der Waals surface area contributed by atoms with E-state index in [0.717, 1.165) is 35.8 Å². The predicted octanol–water partition coefficient (Wildman–Crippen LogP) is 4.25. The van der Waals surface area contributed by atoms with Gasteiger partial charge in [-0.3, -0.25) is 9.69 Å². The van der Waals surface area contributed by atoms with Crippen molar-refractivity contribution in [2.45, 2.75) is 30.2 Å². The lowest BCUT2D eigenvalue weighted by molar-refractivity contribution is -0.121. The summed E-state index contributed by atoms with van der Waals surface area (Å²) in [6.45, 7) is 1.77. The minimum atomic E-state index is 0.0952. The van der Waals surface area contributed by atoms with Crippen molar-refractivity contribution in [3.8, 4) is 11.8 Å². The van der Waals surface area contributed by atoms with E-state index in [2.05, 4.69) is 35.5 Å². The van der Waals surface area contributed by atoms with Crippen LogP contribution >= 0.6 is 11.8 Å². The van der Waals surface area contributed by atoms with Gasteiger partial charge in [-0.2, -0.15) is 5.26 Å². The molecule has 1 N–H and O–H groups in total. The Morgan fingerprint density at radius 3 is 2.63 bits per heavy atom. The smallest absolute Gasteiger partial charge is 0.220 e. The molecule has 0 spiro atoms. The second-order valence-electron chi connectivity index (χ2n) is 7.64. The molecule has 2 aromatic carbocycles. The van der Waals surface area contributed by atoms with Crippen LogP contribution in [0.15, 0.2) is 53.4 Å². The first kappa shape index (κ1) is 22.2. The highest BCUT2D eigenvalue weighted by molar-refractivity contribution is 7.99. The van der Waals surface area contributed by atoms with E-state index in [1.165, 1.54) is 5.56 Å². The molecule has 5 nitrogen and oxygen atoms in total. The number of benzene rings is 2. The Bertz CT molecular complexity index is 862. The maximum absolute atomic E-state index is 12.4. The number of thioether (sulfide) groups is 1. The van der Waals surface area contributed by atoms with Gasteiger partial charge in [0.25, 0.3) is 0 Å². The third-order valence-corrected chi connectivity index (χ3v) is 6.62. The Morgan fingerprint density at radius 2 is 1.97 bits per heavy atom. The largest absolute Gasteiger partial charge is 0.497 e. The number of nitrogens with zero attached hydrogens (tertiary/aromatic N) is 2. The number of nitriles is 1. The summed E-state index contributed by atoms with van der Waals surface area (Å²) in [6, 6.07) is 18.2. The molecule has 1 aliphatic heterocycles. The Hall–Kier alpha value is -2.49. The van der Waals surface area contributed by atoms with E-state index in [0.29, 0.717) is 30.5 Å². The first-order valence-electron chi connectivity index (χ1n) is 10.3. The zero-order chi connectivity index (χ0) is 21.3. The third kappa shape index (κ3) is 6.01. The minimum absolute atomic E-state index is 0.0952. The van der Waals surface area contributed by atoms with Crippen molar-refractivity contribution in [2.24, 2.45) is 5.92 Å². The summed E-state index contributed by atoms with van der Waals surface area (Å²) >= 11 is 1.64. The summed E-state index contributed by atoms with van der Waals surface area (Å²) in [4.78, 5) is 15.9. The number of methoxy groups -OCH3 is 1.